The van der Waals surface area contributed by atoms with Gasteiger partial charge in [-0.15, -0.1) is 0 Å². The van der Waals surface area contributed by atoms with Crippen molar-refractivity contribution < 1.29 is 5.11 Å². The van der Waals surface area contributed by atoms with Gasteiger partial charge >= 0.3 is 0 Å². The summed E-state index contributed by atoms with van der Waals surface area (Å²) >= 11 is 0. The largest absolute Gasteiger partial charge is 0.507 e. The third-order valence-corrected chi connectivity index (χ3v) is 4.00. The van der Waals surface area contributed by atoms with Gasteiger partial charge < -0.3 is 10.8 Å². The summed E-state index contributed by atoms with van der Waals surface area (Å²) in [5.74, 6) is 1.01. The lowest BCUT2D eigenvalue weighted by atomic mass is 9.94. The minimum Gasteiger partial charge on any atom is -0.507 e. The zero-order chi connectivity index (χ0) is 12.6. The summed E-state index contributed by atoms with van der Waals surface area (Å²) < 4.78 is 0. The van der Waals surface area contributed by atoms with Gasteiger partial charge in [-0.2, -0.15) is 0 Å². The van der Waals surface area contributed by atoms with E-state index in [4.69, 9.17) is 5.73 Å². The van der Waals surface area contributed by atoms with E-state index in [-0.39, 0.29) is 0 Å². The summed E-state index contributed by atoms with van der Waals surface area (Å²) in [6.07, 6.45) is 1.09. The second-order valence-corrected chi connectivity index (χ2v) is 5.24. The Morgan fingerprint density at radius 3 is 2.71 bits per heavy atom. The highest BCUT2D eigenvalue weighted by Crippen LogP contribution is 2.38. The first-order valence-corrected chi connectivity index (χ1v) is 6.24. The van der Waals surface area contributed by atoms with Gasteiger partial charge in [0.15, 0.2) is 0 Å². The minimum absolute atomic E-state index is 0.398. The Morgan fingerprint density at radius 2 is 2.12 bits per heavy atom. The van der Waals surface area contributed by atoms with Gasteiger partial charge in [0.05, 0.1) is 0 Å². The molecule has 3 nitrogen and oxygen atoms in total. The van der Waals surface area contributed by atoms with Crippen molar-refractivity contribution in [3.8, 4) is 5.75 Å². The number of nitrogens with two attached hydrogens (primary N) is 1. The van der Waals surface area contributed by atoms with Crippen LogP contribution in [-0.4, -0.2) is 30.1 Å². The van der Waals surface area contributed by atoms with Crippen LogP contribution in [0.3, 0.4) is 0 Å². The van der Waals surface area contributed by atoms with Gasteiger partial charge in [0.1, 0.15) is 5.75 Å². The molecule has 0 bridgehead atoms. The van der Waals surface area contributed by atoms with Crippen LogP contribution in [0.5, 0.6) is 5.75 Å². The van der Waals surface area contributed by atoms with Gasteiger partial charge in [-0.25, -0.2) is 0 Å². The molecule has 0 aliphatic carbocycles. The standard InChI is InChI=1S/C14H22N2O/c1-9-4-5-12(10(2)14(9)17)13-6-11(7-15)8-16(13)3/h4-5,11,13,17H,6-8,15H2,1-3H3. The van der Waals surface area contributed by atoms with Gasteiger partial charge in [-0.05, 0) is 56.5 Å². The molecule has 1 aromatic carbocycles. The number of nitrogens with zero attached hydrogens (tertiary/aromatic N) is 1. The molecule has 0 aromatic heterocycles. The lowest BCUT2D eigenvalue weighted by Gasteiger charge is -2.22. The first kappa shape index (κ1) is 12.4. The fourth-order valence-corrected chi connectivity index (χ4v) is 2.85. The molecule has 1 aliphatic heterocycles. The predicted molar refractivity (Wildman–Crippen MR) is 70.1 cm³/mol. The fourth-order valence-electron chi connectivity index (χ4n) is 2.85. The Hall–Kier alpha value is -1.06. The maximum Gasteiger partial charge on any atom is 0.121 e. The van der Waals surface area contributed by atoms with E-state index >= 15 is 0 Å². The number of rotatable bonds is 2. The van der Waals surface area contributed by atoms with E-state index in [0.29, 0.717) is 17.7 Å². The SMILES string of the molecule is Cc1ccc(C2CC(CN)CN2C)c(C)c1O. The molecule has 1 heterocycles. The van der Waals surface area contributed by atoms with Gasteiger partial charge in [0, 0.05) is 12.6 Å². The molecule has 0 spiro atoms. The Balaban J connectivity index is 2.32. The normalized spacial score (nSPS) is 25.4. The number of hydrogen-bond donors (Lipinski definition) is 2. The van der Waals surface area contributed by atoms with Crippen LogP contribution in [0.4, 0.5) is 0 Å². The smallest absolute Gasteiger partial charge is 0.121 e. The summed E-state index contributed by atoms with van der Waals surface area (Å²) in [6.45, 7) is 5.74. The van der Waals surface area contributed by atoms with Crippen molar-refractivity contribution in [3.05, 3.63) is 28.8 Å². The number of phenols is 1. The van der Waals surface area contributed by atoms with Crippen molar-refractivity contribution in [3.63, 3.8) is 0 Å². The highest BCUT2D eigenvalue weighted by molar-refractivity contribution is 5.45. The van der Waals surface area contributed by atoms with E-state index in [2.05, 4.69) is 18.0 Å². The highest BCUT2D eigenvalue weighted by atomic mass is 16.3. The molecule has 1 fully saturated rings. The molecule has 1 aromatic rings. The molecular formula is C14H22N2O. The molecule has 0 amide bonds. The molecule has 2 rings (SSSR count). The zero-order valence-electron chi connectivity index (χ0n) is 10.9. The molecule has 94 valence electrons. The summed E-state index contributed by atoms with van der Waals surface area (Å²) in [4.78, 5) is 2.34. The molecule has 3 heteroatoms. The third kappa shape index (κ3) is 2.17. The Morgan fingerprint density at radius 1 is 1.41 bits per heavy atom. The van der Waals surface area contributed by atoms with E-state index in [1.54, 1.807) is 0 Å². The van der Waals surface area contributed by atoms with Gasteiger partial charge in [0.25, 0.3) is 0 Å². The van der Waals surface area contributed by atoms with Crippen LogP contribution >= 0.6 is 0 Å². The van der Waals surface area contributed by atoms with Crippen LogP contribution in [0.25, 0.3) is 0 Å². The third-order valence-electron chi connectivity index (χ3n) is 4.00. The van der Waals surface area contributed by atoms with Crippen LogP contribution in [0.15, 0.2) is 12.1 Å². The molecule has 17 heavy (non-hydrogen) atoms. The molecule has 1 aliphatic rings. The second kappa shape index (κ2) is 4.67. The van der Waals surface area contributed by atoms with Gasteiger partial charge in [0.2, 0.25) is 0 Å². The second-order valence-electron chi connectivity index (χ2n) is 5.24. The molecular weight excluding hydrogens is 212 g/mol. The van der Waals surface area contributed by atoms with E-state index in [1.165, 1.54) is 5.56 Å². The quantitative estimate of drug-likeness (QED) is 0.822. The van der Waals surface area contributed by atoms with Crippen molar-refractivity contribution in [2.75, 3.05) is 20.1 Å². The first-order chi connectivity index (χ1) is 8.04. The maximum atomic E-state index is 10.0. The Kier molecular flexibility index (Phi) is 3.40. The Bertz CT molecular complexity index is 417. The van der Waals surface area contributed by atoms with Crippen LogP contribution in [0.1, 0.15) is 29.2 Å². The van der Waals surface area contributed by atoms with E-state index in [1.807, 2.05) is 19.9 Å². The minimum atomic E-state index is 0.398. The molecule has 1 saturated heterocycles. The van der Waals surface area contributed by atoms with Crippen molar-refractivity contribution in [1.29, 1.82) is 0 Å². The van der Waals surface area contributed by atoms with E-state index in [9.17, 15) is 5.11 Å². The average Bonchev–Trinajstić information content (AvgIpc) is 2.68. The lowest BCUT2D eigenvalue weighted by molar-refractivity contribution is 0.312. The topological polar surface area (TPSA) is 49.5 Å². The fraction of sp³-hybridized carbons (Fsp3) is 0.571. The van der Waals surface area contributed by atoms with Crippen molar-refractivity contribution in [2.24, 2.45) is 11.7 Å². The van der Waals surface area contributed by atoms with Crippen LogP contribution in [0.2, 0.25) is 0 Å². The van der Waals surface area contributed by atoms with E-state index < -0.39 is 0 Å². The van der Waals surface area contributed by atoms with Crippen molar-refractivity contribution in [2.45, 2.75) is 26.3 Å². The summed E-state index contributed by atoms with van der Waals surface area (Å²) in [6, 6.07) is 4.54. The van der Waals surface area contributed by atoms with Crippen LogP contribution in [-0.2, 0) is 0 Å². The van der Waals surface area contributed by atoms with Gasteiger partial charge in [-0.3, -0.25) is 4.90 Å². The number of aromatic hydroxyl groups is 1. The molecule has 2 atom stereocenters. The maximum absolute atomic E-state index is 10.0. The molecule has 0 radical (unpaired) electrons. The number of aryl methyl sites for hydroxylation is 1. The first-order valence-electron chi connectivity index (χ1n) is 6.24. The number of hydrogen-bond acceptors (Lipinski definition) is 3. The monoisotopic (exact) mass is 234 g/mol. The zero-order valence-corrected chi connectivity index (χ0v) is 10.9. The molecule has 3 N–H and O–H groups in total. The van der Waals surface area contributed by atoms with Gasteiger partial charge in [-0.1, -0.05) is 12.1 Å². The van der Waals surface area contributed by atoms with Crippen molar-refractivity contribution >= 4 is 0 Å². The summed E-state index contributed by atoms with van der Waals surface area (Å²) in [7, 11) is 2.14. The average molecular weight is 234 g/mol. The lowest BCUT2D eigenvalue weighted by Crippen LogP contribution is -2.21. The van der Waals surface area contributed by atoms with Crippen LogP contribution in [0, 0.1) is 19.8 Å². The number of likely N-dealkylation sites (tertiary alicyclic amines) is 1. The predicted octanol–water partition coefficient (Wildman–Crippen LogP) is 1.96. The van der Waals surface area contributed by atoms with Crippen molar-refractivity contribution in [1.82, 2.24) is 4.90 Å². The Labute approximate surface area is 103 Å². The highest BCUT2D eigenvalue weighted by Gasteiger charge is 2.31. The van der Waals surface area contributed by atoms with Crippen LogP contribution < -0.4 is 5.73 Å². The molecule has 2 unspecified atom stereocenters. The summed E-state index contributed by atoms with van der Waals surface area (Å²) in [5.41, 5.74) is 8.95. The summed E-state index contributed by atoms with van der Waals surface area (Å²) in [5, 5.41) is 10.0. The molecule has 0 saturated carbocycles. The number of phenolic OH excluding ortho intramolecular Hbond substituents is 1. The number of benzene rings is 1. The van der Waals surface area contributed by atoms with E-state index in [0.717, 1.165) is 30.6 Å².